The van der Waals surface area contributed by atoms with Crippen molar-refractivity contribution >= 4 is 17.6 Å². The number of carbonyl (C=O) groups excluding carboxylic acids is 2. The zero-order valence-corrected chi connectivity index (χ0v) is 10.9. The molecule has 0 atom stereocenters. The molecular formula is C12H22N4O2. The molecule has 0 aromatic rings. The largest absolute Gasteiger partial charge is 0.374 e. The molecular weight excluding hydrogens is 232 g/mol. The Labute approximate surface area is 108 Å². The van der Waals surface area contributed by atoms with Crippen molar-refractivity contribution < 1.29 is 9.59 Å². The highest BCUT2D eigenvalue weighted by Gasteiger charge is 2.11. The predicted molar refractivity (Wildman–Crippen MR) is 70.5 cm³/mol. The van der Waals surface area contributed by atoms with Crippen LogP contribution in [0.25, 0.3) is 0 Å². The summed E-state index contributed by atoms with van der Waals surface area (Å²) in [6.07, 6.45) is 3.52. The SMILES string of the molecule is CC1=NCCCCNC(=O)C(=O)NCCCCN1. The molecule has 0 spiro atoms. The van der Waals surface area contributed by atoms with Gasteiger partial charge in [0.25, 0.3) is 0 Å². The highest BCUT2D eigenvalue weighted by Crippen LogP contribution is 1.91. The Morgan fingerprint density at radius 1 is 0.833 bits per heavy atom. The lowest BCUT2D eigenvalue weighted by molar-refractivity contribution is -0.139. The zero-order chi connectivity index (χ0) is 13.2. The van der Waals surface area contributed by atoms with Crippen LogP contribution in [0.3, 0.4) is 0 Å². The second-order valence-electron chi connectivity index (χ2n) is 4.32. The molecule has 1 aliphatic heterocycles. The second kappa shape index (κ2) is 8.49. The number of nitrogens with one attached hydrogen (secondary N) is 3. The number of hydrogen-bond donors (Lipinski definition) is 3. The molecule has 0 unspecified atom stereocenters. The zero-order valence-electron chi connectivity index (χ0n) is 10.9. The van der Waals surface area contributed by atoms with Gasteiger partial charge in [-0.1, -0.05) is 0 Å². The summed E-state index contributed by atoms with van der Waals surface area (Å²) in [5, 5.41) is 8.43. The van der Waals surface area contributed by atoms with Crippen molar-refractivity contribution in [3.05, 3.63) is 0 Å². The monoisotopic (exact) mass is 254 g/mol. The van der Waals surface area contributed by atoms with Gasteiger partial charge < -0.3 is 16.0 Å². The number of nitrogens with zero attached hydrogens (tertiary/aromatic N) is 1. The highest BCUT2D eigenvalue weighted by atomic mass is 16.2. The number of carbonyl (C=O) groups is 2. The first-order chi connectivity index (χ1) is 8.70. The van der Waals surface area contributed by atoms with Crippen molar-refractivity contribution in [1.29, 1.82) is 0 Å². The lowest BCUT2D eigenvalue weighted by atomic mass is 10.3. The normalized spacial score (nSPS) is 20.6. The molecule has 6 nitrogen and oxygen atoms in total. The minimum Gasteiger partial charge on any atom is -0.374 e. The first-order valence-electron chi connectivity index (χ1n) is 6.51. The van der Waals surface area contributed by atoms with Gasteiger partial charge in [0, 0.05) is 26.2 Å². The van der Waals surface area contributed by atoms with Crippen LogP contribution in [0, 0.1) is 0 Å². The van der Waals surface area contributed by atoms with Gasteiger partial charge >= 0.3 is 11.8 Å². The van der Waals surface area contributed by atoms with E-state index in [0.717, 1.165) is 44.6 Å². The maximum atomic E-state index is 11.3. The van der Waals surface area contributed by atoms with E-state index in [9.17, 15) is 9.59 Å². The Hall–Kier alpha value is -1.59. The van der Waals surface area contributed by atoms with Crippen LogP contribution in [-0.4, -0.2) is 43.8 Å². The standard InChI is InChI=1S/C12H22N4O2/c1-10-13-6-2-4-8-15-11(17)12(18)16-9-5-3-7-14-10/h2-9H2,1H3,(H,13,14)(H,15,17)(H,16,18). The van der Waals surface area contributed by atoms with Crippen molar-refractivity contribution in [2.45, 2.75) is 32.6 Å². The summed E-state index contributed by atoms with van der Waals surface area (Å²) in [6.45, 7) is 4.61. The Kier molecular flexibility index (Phi) is 6.83. The van der Waals surface area contributed by atoms with Crippen LogP contribution in [0.1, 0.15) is 32.6 Å². The van der Waals surface area contributed by atoms with Gasteiger partial charge in [-0.3, -0.25) is 14.6 Å². The Morgan fingerprint density at radius 2 is 1.33 bits per heavy atom. The van der Waals surface area contributed by atoms with Crippen molar-refractivity contribution in [2.24, 2.45) is 4.99 Å². The minimum absolute atomic E-state index is 0.522. The maximum absolute atomic E-state index is 11.3. The Balaban J connectivity index is 2.39. The fourth-order valence-electron chi connectivity index (χ4n) is 1.62. The first kappa shape index (κ1) is 14.5. The van der Waals surface area contributed by atoms with Gasteiger partial charge in [0.1, 0.15) is 0 Å². The molecule has 0 bridgehead atoms. The van der Waals surface area contributed by atoms with Crippen molar-refractivity contribution in [3.8, 4) is 0 Å². The number of hydrogen-bond acceptors (Lipinski definition) is 4. The fraction of sp³-hybridized carbons (Fsp3) is 0.750. The molecule has 3 N–H and O–H groups in total. The van der Waals surface area contributed by atoms with Crippen LogP contribution >= 0.6 is 0 Å². The van der Waals surface area contributed by atoms with Gasteiger partial charge in [-0.25, -0.2) is 0 Å². The third-order valence-corrected chi connectivity index (χ3v) is 2.70. The van der Waals surface area contributed by atoms with E-state index in [2.05, 4.69) is 20.9 Å². The summed E-state index contributed by atoms with van der Waals surface area (Å²) in [7, 11) is 0. The summed E-state index contributed by atoms with van der Waals surface area (Å²) < 4.78 is 0. The van der Waals surface area contributed by atoms with Crippen molar-refractivity contribution in [1.82, 2.24) is 16.0 Å². The first-order valence-corrected chi connectivity index (χ1v) is 6.51. The van der Waals surface area contributed by atoms with E-state index in [1.807, 2.05) is 6.92 Å². The van der Waals surface area contributed by atoms with E-state index in [1.54, 1.807) is 0 Å². The van der Waals surface area contributed by atoms with Gasteiger partial charge in [-0.15, -0.1) is 0 Å². The summed E-state index contributed by atoms with van der Waals surface area (Å²) in [4.78, 5) is 27.1. The van der Waals surface area contributed by atoms with E-state index in [-0.39, 0.29) is 0 Å². The molecule has 18 heavy (non-hydrogen) atoms. The van der Waals surface area contributed by atoms with Crippen molar-refractivity contribution in [3.63, 3.8) is 0 Å². The van der Waals surface area contributed by atoms with Gasteiger partial charge in [0.05, 0.1) is 5.84 Å². The second-order valence-corrected chi connectivity index (χ2v) is 4.32. The topological polar surface area (TPSA) is 82.6 Å². The lowest BCUT2D eigenvalue weighted by Crippen LogP contribution is -2.40. The average Bonchev–Trinajstić information content (AvgIpc) is 2.36. The van der Waals surface area contributed by atoms with Gasteiger partial charge in [0.15, 0.2) is 0 Å². The maximum Gasteiger partial charge on any atom is 0.309 e. The molecule has 0 aromatic carbocycles. The molecule has 0 aromatic heterocycles. The van der Waals surface area contributed by atoms with E-state index >= 15 is 0 Å². The molecule has 1 aliphatic rings. The Bertz CT molecular complexity index is 315. The van der Waals surface area contributed by atoms with Gasteiger partial charge in [-0.05, 0) is 32.6 Å². The minimum atomic E-state index is -0.539. The molecule has 0 saturated heterocycles. The average molecular weight is 254 g/mol. The quantitative estimate of drug-likeness (QED) is 0.524. The van der Waals surface area contributed by atoms with E-state index in [4.69, 9.17) is 0 Å². The third-order valence-electron chi connectivity index (χ3n) is 2.70. The number of rotatable bonds is 0. The molecule has 6 heteroatoms. The van der Waals surface area contributed by atoms with Crippen LogP contribution in [0.2, 0.25) is 0 Å². The van der Waals surface area contributed by atoms with Crippen LogP contribution in [0.15, 0.2) is 4.99 Å². The summed E-state index contributed by atoms with van der Waals surface area (Å²) in [6, 6.07) is 0. The lowest BCUT2D eigenvalue weighted by Gasteiger charge is -2.06. The van der Waals surface area contributed by atoms with Crippen LogP contribution < -0.4 is 16.0 Å². The summed E-state index contributed by atoms with van der Waals surface area (Å²) >= 11 is 0. The number of amides is 2. The number of amidine groups is 1. The van der Waals surface area contributed by atoms with Crippen LogP contribution in [-0.2, 0) is 9.59 Å². The molecule has 2 amide bonds. The van der Waals surface area contributed by atoms with Gasteiger partial charge in [0.2, 0.25) is 0 Å². The van der Waals surface area contributed by atoms with E-state index < -0.39 is 11.8 Å². The molecule has 0 saturated carbocycles. The van der Waals surface area contributed by atoms with E-state index in [0.29, 0.717) is 13.1 Å². The van der Waals surface area contributed by atoms with Crippen molar-refractivity contribution in [2.75, 3.05) is 26.2 Å². The number of aliphatic imine (C=N–C) groups is 1. The molecule has 0 aliphatic carbocycles. The molecule has 0 fully saturated rings. The summed E-state index contributed by atoms with van der Waals surface area (Å²) in [5.41, 5.74) is 0. The third kappa shape index (κ3) is 6.22. The van der Waals surface area contributed by atoms with Gasteiger partial charge in [-0.2, -0.15) is 0 Å². The fourth-order valence-corrected chi connectivity index (χ4v) is 1.62. The Morgan fingerprint density at radius 3 is 1.94 bits per heavy atom. The summed E-state index contributed by atoms with van der Waals surface area (Å²) in [5.74, 6) is -0.120. The van der Waals surface area contributed by atoms with E-state index in [1.165, 1.54) is 0 Å². The predicted octanol–water partition coefficient (Wildman–Crippen LogP) is -0.199. The highest BCUT2D eigenvalue weighted by molar-refractivity contribution is 6.35. The smallest absolute Gasteiger partial charge is 0.309 e. The molecule has 0 radical (unpaired) electrons. The van der Waals surface area contributed by atoms with Crippen LogP contribution in [0.5, 0.6) is 0 Å². The molecule has 1 heterocycles. The molecule has 1 rings (SSSR count). The van der Waals surface area contributed by atoms with Crippen LogP contribution in [0.4, 0.5) is 0 Å². The molecule has 102 valence electrons.